The van der Waals surface area contributed by atoms with Gasteiger partial charge in [-0.25, -0.2) is 0 Å². The van der Waals surface area contributed by atoms with Gasteiger partial charge in [0, 0.05) is 40.3 Å². The van der Waals surface area contributed by atoms with Crippen LogP contribution in [-0.2, 0) is 5.41 Å². The van der Waals surface area contributed by atoms with Crippen LogP contribution in [0.4, 0.5) is 0 Å². The first kappa shape index (κ1) is 37.9. The standard InChI is InChI=1S/C67H38S2/c1-2-17-40-39(16-1)36-37-57-63(40)52-29-13-28-51(66(52)67(57)55-30-7-3-18-43(55)44-19-4-8-31-56(44)67)62-47-24-11-22-41(45-26-14-34-60-64(45)49-20-5-9-32-58(49)68-60)53(47)38-54-42(23-12-25-48(54)62)46-27-15-35-61-65(46)50-21-6-10-33-59(50)69-61/h1-38H. The van der Waals surface area contributed by atoms with E-state index in [1.54, 1.807) is 0 Å². The fraction of sp³-hybridized carbons (Fsp3) is 0.0149. The van der Waals surface area contributed by atoms with E-state index >= 15 is 0 Å². The summed E-state index contributed by atoms with van der Waals surface area (Å²) >= 11 is 3.78. The van der Waals surface area contributed by atoms with Crippen LogP contribution in [0.5, 0.6) is 0 Å². The predicted molar refractivity (Wildman–Crippen MR) is 297 cm³/mol. The molecule has 2 heteroatoms. The molecular formula is C67H38S2. The molecule has 0 saturated heterocycles. The molecule has 69 heavy (non-hydrogen) atoms. The lowest BCUT2D eigenvalue weighted by molar-refractivity contribution is 0.796. The summed E-state index contributed by atoms with van der Waals surface area (Å²) < 4.78 is 5.27. The summed E-state index contributed by atoms with van der Waals surface area (Å²) in [5.74, 6) is 0. The van der Waals surface area contributed by atoms with Gasteiger partial charge in [0.1, 0.15) is 0 Å². The van der Waals surface area contributed by atoms with Gasteiger partial charge < -0.3 is 0 Å². The van der Waals surface area contributed by atoms with E-state index in [1.165, 1.54) is 151 Å². The largest absolute Gasteiger partial charge is 0.135 e. The van der Waals surface area contributed by atoms with Crippen LogP contribution >= 0.6 is 22.7 Å². The summed E-state index contributed by atoms with van der Waals surface area (Å²) in [5, 5.41) is 12.9. The molecule has 1 spiro atoms. The fourth-order valence-corrected chi connectivity index (χ4v) is 15.4. The maximum Gasteiger partial charge on any atom is 0.0731 e. The number of hydrogen-bond acceptors (Lipinski definition) is 2. The van der Waals surface area contributed by atoms with Gasteiger partial charge in [0.25, 0.3) is 0 Å². The number of rotatable bonds is 3. The smallest absolute Gasteiger partial charge is 0.0731 e. The first-order valence-corrected chi connectivity index (χ1v) is 25.5. The normalized spacial score (nSPS) is 13.3. The molecular weight excluding hydrogens is 869 g/mol. The topological polar surface area (TPSA) is 0 Å². The average molecular weight is 907 g/mol. The van der Waals surface area contributed by atoms with Crippen LogP contribution in [0.2, 0.25) is 0 Å². The zero-order valence-corrected chi connectivity index (χ0v) is 38.9. The van der Waals surface area contributed by atoms with E-state index in [2.05, 4.69) is 231 Å². The van der Waals surface area contributed by atoms with E-state index in [9.17, 15) is 0 Å². The Balaban J connectivity index is 1.10. The van der Waals surface area contributed by atoms with Crippen molar-refractivity contribution in [2.24, 2.45) is 0 Å². The van der Waals surface area contributed by atoms with Gasteiger partial charge in [-0.15, -0.1) is 22.7 Å². The zero-order chi connectivity index (χ0) is 45.0. The van der Waals surface area contributed by atoms with Gasteiger partial charge in [0.15, 0.2) is 0 Å². The van der Waals surface area contributed by atoms with Crippen molar-refractivity contribution in [3.05, 3.63) is 253 Å². The molecule has 12 aromatic carbocycles. The third-order valence-corrected chi connectivity index (χ3v) is 18.0. The average Bonchev–Trinajstić information content (AvgIpc) is 4.15. The number of benzene rings is 12. The Labute approximate surface area is 406 Å². The summed E-state index contributed by atoms with van der Waals surface area (Å²) in [5.41, 5.74) is 17.8. The van der Waals surface area contributed by atoms with E-state index in [0.717, 1.165) is 0 Å². The Morgan fingerprint density at radius 3 is 1.28 bits per heavy atom. The lowest BCUT2D eigenvalue weighted by Crippen LogP contribution is -2.26. The molecule has 16 rings (SSSR count). The molecule has 0 fully saturated rings. The molecule has 0 atom stereocenters. The molecule has 0 amide bonds. The van der Waals surface area contributed by atoms with Crippen molar-refractivity contribution in [2.45, 2.75) is 5.41 Å². The second kappa shape index (κ2) is 14.0. The summed E-state index contributed by atoms with van der Waals surface area (Å²) in [6.45, 7) is 0. The summed E-state index contributed by atoms with van der Waals surface area (Å²) in [4.78, 5) is 0. The molecule has 2 aliphatic rings. The van der Waals surface area contributed by atoms with Gasteiger partial charge in [0.2, 0.25) is 0 Å². The van der Waals surface area contributed by atoms with Crippen molar-refractivity contribution < 1.29 is 0 Å². The van der Waals surface area contributed by atoms with E-state index in [0.29, 0.717) is 0 Å². The predicted octanol–water partition coefficient (Wildman–Crippen LogP) is 19.2. The van der Waals surface area contributed by atoms with Gasteiger partial charge in [0.05, 0.1) is 5.41 Å². The van der Waals surface area contributed by atoms with Gasteiger partial charge in [-0.05, 0) is 141 Å². The lowest BCUT2D eigenvalue weighted by Gasteiger charge is -2.33. The van der Waals surface area contributed by atoms with Crippen LogP contribution < -0.4 is 0 Å². The molecule has 0 radical (unpaired) electrons. The molecule has 2 aromatic heterocycles. The first-order valence-electron chi connectivity index (χ1n) is 23.9. The molecule has 14 aromatic rings. The van der Waals surface area contributed by atoms with Crippen molar-refractivity contribution in [3.63, 3.8) is 0 Å². The highest BCUT2D eigenvalue weighted by atomic mass is 32.1. The van der Waals surface area contributed by atoms with Crippen molar-refractivity contribution in [1.82, 2.24) is 0 Å². The van der Waals surface area contributed by atoms with Crippen molar-refractivity contribution in [3.8, 4) is 55.6 Å². The quantitative estimate of drug-likeness (QED) is 0.155. The monoisotopic (exact) mass is 906 g/mol. The van der Waals surface area contributed by atoms with Crippen LogP contribution in [0.1, 0.15) is 22.3 Å². The first-order chi connectivity index (χ1) is 34.3. The second-order valence-electron chi connectivity index (χ2n) is 18.9. The molecule has 0 bridgehead atoms. The van der Waals surface area contributed by atoms with E-state index in [1.807, 2.05) is 22.7 Å². The summed E-state index contributed by atoms with van der Waals surface area (Å²) in [6, 6.07) is 87.8. The molecule has 0 aliphatic heterocycles. The Hall–Kier alpha value is -8.14. The van der Waals surface area contributed by atoms with Crippen LogP contribution in [-0.4, -0.2) is 0 Å². The summed E-state index contributed by atoms with van der Waals surface area (Å²) in [6.07, 6.45) is 0. The van der Waals surface area contributed by atoms with Crippen LogP contribution in [0.25, 0.3) is 128 Å². The molecule has 0 nitrogen and oxygen atoms in total. The molecule has 2 aliphatic carbocycles. The van der Waals surface area contributed by atoms with Gasteiger partial charge in [-0.3, -0.25) is 0 Å². The van der Waals surface area contributed by atoms with Crippen molar-refractivity contribution in [1.29, 1.82) is 0 Å². The van der Waals surface area contributed by atoms with Crippen molar-refractivity contribution in [2.75, 3.05) is 0 Å². The minimum atomic E-state index is -0.551. The fourth-order valence-electron chi connectivity index (χ4n) is 13.1. The third kappa shape index (κ3) is 4.92. The Morgan fingerprint density at radius 2 is 0.667 bits per heavy atom. The minimum Gasteiger partial charge on any atom is -0.135 e. The highest BCUT2D eigenvalue weighted by molar-refractivity contribution is 7.26. The maximum atomic E-state index is 2.54. The second-order valence-corrected chi connectivity index (χ2v) is 21.1. The Morgan fingerprint density at radius 1 is 0.246 bits per heavy atom. The summed E-state index contributed by atoms with van der Waals surface area (Å²) in [7, 11) is 0. The van der Waals surface area contributed by atoms with E-state index in [4.69, 9.17) is 0 Å². The van der Waals surface area contributed by atoms with E-state index in [-0.39, 0.29) is 0 Å². The third-order valence-electron chi connectivity index (χ3n) is 15.7. The zero-order valence-electron chi connectivity index (χ0n) is 37.3. The Bertz CT molecular complexity index is 4340. The van der Waals surface area contributed by atoms with Crippen LogP contribution in [0, 0.1) is 0 Å². The Kier molecular flexibility index (Phi) is 7.67. The SMILES string of the molecule is c1ccc2c(c1)-c1ccccc1C21c2ccc3ccccc3c2-c2cccc(-c3c4cccc(-c5cccc6sc7ccccc7c56)c4cc4c(-c5cccc6sc7ccccc7c56)cccc34)c21. The number of thiophene rings is 2. The van der Waals surface area contributed by atoms with Crippen LogP contribution in [0.3, 0.4) is 0 Å². The lowest BCUT2D eigenvalue weighted by atomic mass is 9.68. The molecule has 318 valence electrons. The maximum absolute atomic E-state index is 2.54. The molecule has 0 N–H and O–H groups in total. The highest BCUT2D eigenvalue weighted by Gasteiger charge is 2.53. The minimum absolute atomic E-state index is 0.551. The molecule has 0 unspecified atom stereocenters. The molecule has 0 saturated carbocycles. The number of hydrogen-bond donors (Lipinski definition) is 0. The number of fused-ring (bicyclic) bond motifs is 20. The van der Waals surface area contributed by atoms with Crippen molar-refractivity contribution >= 4 is 95.3 Å². The van der Waals surface area contributed by atoms with E-state index < -0.39 is 5.41 Å². The molecule has 2 heterocycles. The van der Waals surface area contributed by atoms with Crippen LogP contribution in [0.15, 0.2) is 231 Å². The highest BCUT2D eigenvalue weighted by Crippen LogP contribution is 2.66. The van der Waals surface area contributed by atoms with Gasteiger partial charge >= 0.3 is 0 Å². The van der Waals surface area contributed by atoms with Gasteiger partial charge in [-0.2, -0.15) is 0 Å². The van der Waals surface area contributed by atoms with Gasteiger partial charge in [-0.1, -0.05) is 200 Å².